The van der Waals surface area contributed by atoms with Crippen LogP contribution in [0.2, 0.25) is 0 Å². The SMILES string of the molecule is CC(C)C1(C)CCNCC2(COC2)C1. The van der Waals surface area contributed by atoms with Gasteiger partial charge in [0.1, 0.15) is 0 Å². The van der Waals surface area contributed by atoms with Crippen LogP contribution in [0.15, 0.2) is 0 Å². The van der Waals surface area contributed by atoms with Crippen molar-refractivity contribution in [1.29, 1.82) is 0 Å². The molecular weight excluding hydrogens is 174 g/mol. The molecule has 14 heavy (non-hydrogen) atoms. The quantitative estimate of drug-likeness (QED) is 0.694. The van der Waals surface area contributed by atoms with Gasteiger partial charge in [0.15, 0.2) is 0 Å². The zero-order chi connectivity index (χ0) is 10.2. The lowest BCUT2D eigenvalue weighted by atomic mass is 9.65. The highest BCUT2D eigenvalue weighted by Gasteiger charge is 2.46. The van der Waals surface area contributed by atoms with E-state index in [2.05, 4.69) is 26.1 Å². The Bertz CT molecular complexity index is 210. The van der Waals surface area contributed by atoms with Crippen molar-refractivity contribution in [2.75, 3.05) is 26.3 Å². The van der Waals surface area contributed by atoms with E-state index in [1.807, 2.05) is 0 Å². The van der Waals surface area contributed by atoms with Gasteiger partial charge in [0.2, 0.25) is 0 Å². The molecule has 2 aliphatic heterocycles. The van der Waals surface area contributed by atoms with E-state index >= 15 is 0 Å². The zero-order valence-electron chi connectivity index (χ0n) is 9.73. The predicted octanol–water partition coefficient (Wildman–Crippen LogP) is 2.05. The molecule has 1 N–H and O–H groups in total. The van der Waals surface area contributed by atoms with Crippen LogP contribution >= 0.6 is 0 Å². The number of hydrogen-bond donors (Lipinski definition) is 1. The van der Waals surface area contributed by atoms with Crippen molar-refractivity contribution < 1.29 is 4.74 Å². The molecule has 0 aromatic heterocycles. The smallest absolute Gasteiger partial charge is 0.0557 e. The maximum absolute atomic E-state index is 5.40. The fourth-order valence-electron chi connectivity index (χ4n) is 2.82. The molecule has 2 heteroatoms. The van der Waals surface area contributed by atoms with Crippen LogP contribution < -0.4 is 5.32 Å². The Balaban J connectivity index is 2.11. The third kappa shape index (κ3) is 1.70. The summed E-state index contributed by atoms with van der Waals surface area (Å²) in [5, 5.41) is 3.57. The Hall–Kier alpha value is -0.0800. The largest absolute Gasteiger partial charge is 0.380 e. The summed E-state index contributed by atoms with van der Waals surface area (Å²) in [7, 11) is 0. The van der Waals surface area contributed by atoms with Gasteiger partial charge in [0.05, 0.1) is 13.2 Å². The van der Waals surface area contributed by atoms with Gasteiger partial charge < -0.3 is 10.1 Å². The second-order valence-electron chi connectivity index (χ2n) is 5.91. The molecule has 2 saturated heterocycles. The highest BCUT2D eigenvalue weighted by atomic mass is 16.5. The second kappa shape index (κ2) is 3.49. The van der Waals surface area contributed by atoms with Crippen LogP contribution in [0, 0.1) is 16.7 Å². The summed E-state index contributed by atoms with van der Waals surface area (Å²) in [6, 6.07) is 0. The van der Waals surface area contributed by atoms with Crippen molar-refractivity contribution in [2.45, 2.75) is 33.6 Å². The van der Waals surface area contributed by atoms with Crippen LogP contribution in [-0.4, -0.2) is 26.3 Å². The van der Waals surface area contributed by atoms with Crippen molar-refractivity contribution in [2.24, 2.45) is 16.7 Å². The summed E-state index contributed by atoms with van der Waals surface area (Å²) < 4.78 is 5.40. The lowest BCUT2D eigenvalue weighted by Gasteiger charge is -2.46. The molecule has 0 aliphatic carbocycles. The van der Waals surface area contributed by atoms with Gasteiger partial charge in [-0.05, 0) is 30.7 Å². The topological polar surface area (TPSA) is 21.3 Å². The summed E-state index contributed by atoms with van der Waals surface area (Å²) in [6.45, 7) is 11.5. The molecule has 2 rings (SSSR count). The number of nitrogens with one attached hydrogen (secondary N) is 1. The number of rotatable bonds is 1. The monoisotopic (exact) mass is 197 g/mol. The van der Waals surface area contributed by atoms with E-state index < -0.39 is 0 Å². The van der Waals surface area contributed by atoms with Crippen LogP contribution in [0.5, 0.6) is 0 Å². The van der Waals surface area contributed by atoms with Crippen molar-refractivity contribution in [3.05, 3.63) is 0 Å². The van der Waals surface area contributed by atoms with Crippen LogP contribution in [0.1, 0.15) is 33.6 Å². The van der Waals surface area contributed by atoms with Crippen molar-refractivity contribution >= 4 is 0 Å². The molecular formula is C12H23NO. The van der Waals surface area contributed by atoms with E-state index in [1.54, 1.807) is 0 Å². The van der Waals surface area contributed by atoms with Gasteiger partial charge in [-0.15, -0.1) is 0 Å². The molecule has 0 saturated carbocycles. The number of hydrogen-bond acceptors (Lipinski definition) is 2. The molecule has 2 aliphatic rings. The Kier molecular flexibility index (Phi) is 2.61. The van der Waals surface area contributed by atoms with Gasteiger partial charge in [-0.1, -0.05) is 20.8 Å². The Labute approximate surface area is 87.4 Å². The summed E-state index contributed by atoms with van der Waals surface area (Å²) in [6.07, 6.45) is 2.65. The Morgan fingerprint density at radius 1 is 1.29 bits per heavy atom. The minimum atomic E-state index is 0.468. The molecule has 0 bridgehead atoms. The van der Waals surface area contributed by atoms with Gasteiger partial charge in [-0.3, -0.25) is 0 Å². The van der Waals surface area contributed by atoms with Crippen LogP contribution in [-0.2, 0) is 4.74 Å². The number of ether oxygens (including phenoxy) is 1. The third-order valence-electron chi connectivity index (χ3n) is 4.36. The van der Waals surface area contributed by atoms with Crippen molar-refractivity contribution in [1.82, 2.24) is 5.32 Å². The average Bonchev–Trinajstić information content (AvgIpc) is 2.24. The lowest BCUT2D eigenvalue weighted by Crippen LogP contribution is -2.50. The maximum Gasteiger partial charge on any atom is 0.0557 e. The molecule has 0 aromatic rings. The van der Waals surface area contributed by atoms with Gasteiger partial charge in [0.25, 0.3) is 0 Å². The highest BCUT2D eigenvalue weighted by molar-refractivity contribution is 4.97. The molecule has 1 atom stereocenters. The lowest BCUT2D eigenvalue weighted by molar-refractivity contribution is -0.130. The molecule has 0 amide bonds. The summed E-state index contributed by atoms with van der Waals surface area (Å²) in [5.41, 5.74) is 0.975. The summed E-state index contributed by atoms with van der Waals surface area (Å²) >= 11 is 0. The molecule has 2 fully saturated rings. The third-order valence-corrected chi connectivity index (χ3v) is 4.36. The van der Waals surface area contributed by atoms with E-state index in [-0.39, 0.29) is 0 Å². The van der Waals surface area contributed by atoms with E-state index in [4.69, 9.17) is 4.74 Å². The van der Waals surface area contributed by atoms with Crippen LogP contribution in [0.4, 0.5) is 0 Å². The Morgan fingerprint density at radius 2 is 2.00 bits per heavy atom. The summed E-state index contributed by atoms with van der Waals surface area (Å²) in [4.78, 5) is 0. The molecule has 1 unspecified atom stereocenters. The van der Waals surface area contributed by atoms with E-state index in [1.165, 1.54) is 19.4 Å². The van der Waals surface area contributed by atoms with E-state index in [0.29, 0.717) is 10.8 Å². The van der Waals surface area contributed by atoms with Crippen molar-refractivity contribution in [3.8, 4) is 0 Å². The van der Waals surface area contributed by atoms with Crippen LogP contribution in [0.3, 0.4) is 0 Å². The van der Waals surface area contributed by atoms with Gasteiger partial charge in [0, 0.05) is 12.0 Å². The molecule has 0 radical (unpaired) electrons. The average molecular weight is 197 g/mol. The minimum Gasteiger partial charge on any atom is -0.380 e. The molecule has 1 spiro atoms. The first kappa shape index (κ1) is 10.4. The molecule has 2 heterocycles. The summed E-state index contributed by atoms with van der Waals surface area (Å²) in [5.74, 6) is 0.778. The fourth-order valence-corrected chi connectivity index (χ4v) is 2.82. The van der Waals surface area contributed by atoms with Crippen LogP contribution in [0.25, 0.3) is 0 Å². The van der Waals surface area contributed by atoms with E-state index in [0.717, 1.165) is 25.7 Å². The predicted molar refractivity (Wildman–Crippen MR) is 58.3 cm³/mol. The fraction of sp³-hybridized carbons (Fsp3) is 1.00. The molecule has 2 nitrogen and oxygen atoms in total. The maximum atomic E-state index is 5.40. The Morgan fingerprint density at radius 3 is 2.50 bits per heavy atom. The molecule has 82 valence electrons. The standard InChI is InChI=1S/C12H23NO/c1-10(2)11(3)4-5-13-7-12(6-11)8-14-9-12/h10,13H,4-9H2,1-3H3. The van der Waals surface area contributed by atoms with Gasteiger partial charge in [-0.2, -0.15) is 0 Å². The zero-order valence-corrected chi connectivity index (χ0v) is 9.73. The first-order chi connectivity index (χ1) is 6.56. The van der Waals surface area contributed by atoms with Gasteiger partial charge in [-0.25, -0.2) is 0 Å². The minimum absolute atomic E-state index is 0.468. The van der Waals surface area contributed by atoms with E-state index in [9.17, 15) is 0 Å². The highest BCUT2D eigenvalue weighted by Crippen LogP contribution is 2.46. The molecule has 0 aromatic carbocycles. The first-order valence-electron chi connectivity index (χ1n) is 5.85. The first-order valence-corrected chi connectivity index (χ1v) is 5.85. The normalized spacial score (nSPS) is 36.9. The second-order valence-corrected chi connectivity index (χ2v) is 5.91. The van der Waals surface area contributed by atoms with Crippen molar-refractivity contribution in [3.63, 3.8) is 0 Å². The van der Waals surface area contributed by atoms with Gasteiger partial charge >= 0.3 is 0 Å².